The van der Waals surface area contributed by atoms with Crippen LogP contribution in [-0.4, -0.2) is 5.91 Å². The quantitative estimate of drug-likeness (QED) is 0.613. The number of nitriles is 1. The molecular formula is C21H23N3O. The van der Waals surface area contributed by atoms with Crippen molar-refractivity contribution in [3.63, 3.8) is 0 Å². The summed E-state index contributed by atoms with van der Waals surface area (Å²) >= 11 is 0. The lowest BCUT2D eigenvalue weighted by Gasteiger charge is -2.13. The van der Waals surface area contributed by atoms with E-state index < -0.39 is 5.91 Å². The van der Waals surface area contributed by atoms with Crippen LogP contribution in [0.2, 0.25) is 0 Å². The highest BCUT2D eigenvalue weighted by Crippen LogP contribution is 2.16. The topological polar surface area (TPSA) is 64.9 Å². The van der Waals surface area contributed by atoms with Gasteiger partial charge in [-0.1, -0.05) is 49.4 Å². The number of benzene rings is 2. The molecule has 0 aliphatic carbocycles. The van der Waals surface area contributed by atoms with E-state index in [1.54, 1.807) is 0 Å². The van der Waals surface area contributed by atoms with E-state index in [4.69, 9.17) is 0 Å². The highest BCUT2D eigenvalue weighted by Gasteiger charge is 2.11. The molecule has 0 saturated heterocycles. The van der Waals surface area contributed by atoms with Crippen molar-refractivity contribution in [2.24, 2.45) is 0 Å². The molecule has 0 aliphatic heterocycles. The van der Waals surface area contributed by atoms with Gasteiger partial charge in [0, 0.05) is 17.9 Å². The van der Waals surface area contributed by atoms with Gasteiger partial charge in [-0.3, -0.25) is 4.79 Å². The number of para-hydroxylation sites is 1. The van der Waals surface area contributed by atoms with Gasteiger partial charge in [0.1, 0.15) is 11.6 Å². The van der Waals surface area contributed by atoms with E-state index in [1.165, 1.54) is 11.8 Å². The molecule has 128 valence electrons. The molecule has 0 saturated carbocycles. The molecule has 0 bridgehead atoms. The molecule has 2 aromatic rings. The average Bonchev–Trinajstić information content (AvgIpc) is 2.64. The smallest absolute Gasteiger partial charge is 0.267 e. The van der Waals surface area contributed by atoms with E-state index in [9.17, 15) is 10.1 Å². The zero-order valence-electron chi connectivity index (χ0n) is 14.8. The number of hydrogen-bond acceptors (Lipinski definition) is 3. The van der Waals surface area contributed by atoms with Gasteiger partial charge in [0.25, 0.3) is 5.91 Å². The maximum atomic E-state index is 12.3. The van der Waals surface area contributed by atoms with Gasteiger partial charge < -0.3 is 10.6 Å². The first kappa shape index (κ1) is 18.3. The maximum absolute atomic E-state index is 12.3. The van der Waals surface area contributed by atoms with Crippen LogP contribution in [-0.2, 0) is 11.2 Å². The largest absolute Gasteiger partial charge is 0.383 e. The second-order valence-electron chi connectivity index (χ2n) is 5.92. The summed E-state index contributed by atoms with van der Waals surface area (Å²) in [6.07, 6.45) is 2.48. The number of aryl methyl sites for hydroxylation is 2. The minimum atomic E-state index is -0.419. The Morgan fingerprint density at radius 1 is 1.20 bits per heavy atom. The highest BCUT2D eigenvalue weighted by molar-refractivity contribution is 6.06. The van der Waals surface area contributed by atoms with Crippen molar-refractivity contribution in [1.82, 2.24) is 5.32 Å². The standard InChI is InChI=1S/C21H23N3O/c1-4-17-9-11-18(12-10-17)16(3)23-14-19(13-22)21(25)24-20-8-6-5-7-15(20)2/h5-12,14,16,23H,4H2,1-3H3,(H,24,25)/b19-14-. The van der Waals surface area contributed by atoms with E-state index in [0.717, 1.165) is 17.5 Å². The average molecular weight is 333 g/mol. The Morgan fingerprint density at radius 3 is 2.48 bits per heavy atom. The summed E-state index contributed by atoms with van der Waals surface area (Å²) in [5.41, 5.74) is 4.08. The van der Waals surface area contributed by atoms with E-state index in [-0.39, 0.29) is 11.6 Å². The van der Waals surface area contributed by atoms with Crippen molar-refractivity contribution < 1.29 is 4.79 Å². The number of carbonyl (C=O) groups is 1. The van der Waals surface area contributed by atoms with E-state index in [0.29, 0.717) is 5.69 Å². The zero-order chi connectivity index (χ0) is 18.2. The molecule has 25 heavy (non-hydrogen) atoms. The molecule has 0 aromatic heterocycles. The van der Waals surface area contributed by atoms with Crippen LogP contribution in [0.3, 0.4) is 0 Å². The first-order valence-electron chi connectivity index (χ1n) is 8.37. The van der Waals surface area contributed by atoms with E-state index in [2.05, 4.69) is 41.8 Å². The van der Waals surface area contributed by atoms with Crippen LogP contribution in [0.5, 0.6) is 0 Å². The fraction of sp³-hybridized carbons (Fsp3) is 0.238. The molecule has 2 rings (SSSR count). The Morgan fingerprint density at radius 2 is 1.88 bits per heavy atom. The van der Waals surface area contributed by atoms with Crippen LogP contribution in [0.4, 0.5) is 5.69 Å². The first-order valence-corrected chi connectivity index (χ1v) is 8.37. The van der Waals surface area contributed by atoms with Crippen molar-refractivity contribution in [3.8, 4) is 6.07 Å². The van der Waals surface area contributed by atoms with Gasteiger partial charge in [-0.25, -0.2) is 0 Å². The molecule has 0 spiro atoms. The molecular weight excluding hydrogens is 310 g/mol. The third kappa shape index (κ3) is 4.95. The van der Waals surface area contributed by atoms with Gasteiger partial charge in [-0.05, 0) is 43.0 Å². The first-order chi connectivity index (χ1) is 12.0. The highest BCUT2D eigenvalue weighted by atomic mass is 16.1. The van der Waals surface area contributed by atoms with E-state index >= 15 is 0 Å². The lowest BCUT2D eigenvalue weighted by atomic mass is 10.1. The Balaban J connectivity index is 2.04. The van der Waals surface area contributed by atoms with Crippen molar-refractivity contribution >= 4 is 11.6 Å². The van der Waals surface area contributed by atoms with Crippen LogP contribution in [0.15, 0.2) is 60.3 Å². The normalized spacial score (nSPS) is 12.2. The molecule has 1 unspecified atom stereocenters. The summed E-state index contributed by atoms with van der Waals surface area (Å²) in [5, 5.41) is 15.2. The number of amides is 1. The Hall–Kier alpha value is -3.06. The zero-order valence-corrected chi connectivity index (χ0v) is 14.8. The fourth-order valence-electron chi connectivity index (χ4n) is 2.40. The van der Waals surface area contributed by atoms with Gasteiger partial charge in [-0.2, -0.15) is 5.26 Å². The molecule has 2 N–H and O–H groups in total. The van der Waals surface area contributed by atoms with Crippen molar-refractivity contribution in [2.45, 2.75) is 33.2 Å². The molecule has 4 heteroatoms. The van der Waals surface area contributed by atoms with Gasteiger partial charge in [0.15, 0.2) is 0 Å². The van der Waals surface area contributed by atoms with E-state index in [1.807, 2.05) is 44.2 Å². The summed E-state index contributed by atoms with van der Waals surface area (Å²) in [5.74, 6) is -0.419. The molecule has 0 heterocycles. The summed E-state index contributed by atoms with van der Waals surface area (Å²) in [4.78, 5) is 12.3. The SMILES string of the molecule is CCc1ccc(C(C)N/C=C(/C#N)C(=O)Nc2ccccc2C)cc1. The Labute approximate surface area is 149 Å². The van der Waals surface area contributed by atoms with Gasteiger partial charge in [-0.15, -0.1) is 0 Å². The molecule has 0 radical (unpaired) electrons. The van der Waals surface area contributed by atoms with Crippen LogP contribution in [0.25, 0.3) is 0 Å². The van der Waals surface area contributed by atoms with Gasteiger partial charge in [0.05, 0.1) is 0 Å². The van der Waals surface area contributed by atoms with Gasteiger partial charge in [0.2, 0.25) is 0 Å². The third-order valence-corrected chi connectivity index (χ3v) is 4.12. The Kier molecular flexibility index (Phi) is 6.36. The van der Waals surface area contributed by atoms with Crippen molar-refractivity contribution in [2.75, 3.05) is 5.32 Å². The van der Waals surface area contributed by atoms with Crippen LogP contribution in [0, 0.1) is 18.3 Å². The number of nitrogens with one attached hydrogen (secondary N) is 2. The fourth-order valence-corrected chi connectivity index (χ4v) is 2.40. The summed E-state index contributed by atoms with van der Waals surface area (Å²) < 4.78 is 0. The molecule has 4 nitrogen and oxygen atoms in total. The van der Waals surface area contributed by atoms with Gasteiger partial charge >= 0.3 is 0 Å². The Bertz CT molecular complexity index is 801. The lowest BCUT2D eigenvalue weighted by Crippen LogP contribution is -2.19. The summed E-state index contributed by atoms with van der Waals surface area (Å²) in [6.45, 7) is 6.02. The monoisotopic (exact) mass is 333 g/mol. The number of carbonyl (C=O) groups excluding carboxylic acids is 1. The van der Waals surface area contributed by atoms with Crippen molar-refractivity contribution in [3.05, 3.63) is 77.0 Å². The number of nitrogens with zero attached hydrogens (tertiary/aromatic N) is 1. The van der Waals surface area contributed by atoms with Crippen LogP contribution in [0.1, 0.15) is 36.6 Å². The summed E-state index contributed by atoms with van der Waals surface area (Å²) in [6, 6.07) is 17.7. The van der Waals surface area contributed by atoms with Crippen molar-refractivity contribution in [1.29, 1.82) is 5.26 Å². The second kappa shape index (κ2) is 8.70. The predicted octanol–water partition coefficient (Wildman–Crippen LogP) is 4.25. The third-order valence-electron chi connectivity index (χ3n) is 4.12. The summed E-state index contributed by atoms with van der Waals surface area (Å²) in [7, 11) is 0. The molecule has 2 aromatic carbocycles. The second-order valence-corrected chi connectivity index (χ2v) is 5.92. The number of rotatable bonds is 6. The predicted molar refractivity (Wildman–Crippen MR) is 101 cm³/mol. The number of anilines is 1. The number of hydrogen-bond donors (Lipinski definition) is 2. The van der Waals surface area contributed by atoms with Crippen LogP contribution < -0.4 is 10.6 Å². The maximum Gasteiger partial charge on any atom is 0.267 e. The van der Waals surface area contributed by atoms with Crippen LogP contribution >= 0.6 is 0 Å². The minimum absolute atomic E-state index is 0.000479. The molecule has 1 atom stereocenters. The minimum Gasteiger partial charge on any atom is -0.383 e. The molecule has 0 fully saturated rings. The molecule has 1 amide bonds. The molecule has 0 aliphatic rings. The lowest BCUT2D eigenvalue weighted by molar-refractivity contribution is -0.112.